The molecule has 0 saturated carbocycles. The monoisotopic (exact) mass is 400 g/mol. The number of quaternary nitrogens is 1. The lowest BCUT2D eigenvalue weighted by Crippen LogP contribution is -2.53. The summed E-state index contributed by atoms with van der Waals surface area (Å²) < 4.78 is 24.3. The summed E-state index contributed by atoms with van der Waals surface area (Å²) in [7, 11) is 3.61. The zero-order chi connectivity index (χ0) is 20.6. The first-order chi connectivity index (χ1) is 12.8. The van der Waals surface area contributed by atoms with Gasteiger partial charge in [0.15, 0.2) is 0 Å². The SMILES string of the molecule is CCCCCC=CCCCCCCCCCCC(CC)(P(=O)=O)[N+](C)(C)C. The highest BCUT2D eigenvalue weighted by Crippen LogP contribution is 2.43. The van der Waals surface area contributed by atoms with Gasteiger partial charge in [0.1, 0.15) is 0 Å². The van der Waals surface area contributed by atoms with Crippen LogP contribution in [0.5, 0.6) is 0 Å². The fourth-order valence-electron chi connectivity index (χ4n) is 3.93. The molecule has 0 aliphatic rings. The van der Waals surface area contributed by atoms with E-state index in [2.05, 4.69) is 19.1 Å². The van der Waals surface area contributed by atoms with E-state index >= 15 is 0 Å². The fraction of sp³-hybridized carbons (Fsp3) is 0.913. The van der Waals surface area contributed by atoms with E-state index in [1.807, 2.05) is 28.1 Å². The Kier molecular flexibility index (Phi) is 15.3. The minimum absolute atomic E-state index is 0.509. The molecule has 3 nitrogen and oxygen atoms in total. The van der Waals surface area contributed by atoms with Crippen LogP contribution in [0.25, 0.3) is 0 Å². The van der Waals surface area contributed by atoms with Gasteiger partial charge in [0.05, 0.1) is 21.1 Å². The molecule has 0 aromatic rings. The average Bonchev–Trinajstić information content (AvgIpc) is 2.60. The molecule has 0 amide bonds. The number of nitrogens with zero attached hydrogens (tertiary/aromatic N) is 1. The van der Waals surface area contributed by atoms with Crippen LogP contribution in [0.3, 0.4) is 0 Å². The van der Waals surface area contributed by atoms with Crippen LogP contribution in [-0.4, -0.2) is 30.9 Å². The summed E-state index contributed by atoms with van der Waals surface area (Å²) in [5.41, 5.74) is 0. The second-order valence-electron chi connectivity index (χ2n) is 8.94. The average molecular weight is 401 g/mol. The van der Waals surface area contributed by atoms with Gasteiger partial charge in [-0.25, -0.2) is 9.13 Å². The molecule has 4 heteroatoms. The smallest absolute Gasteiger partial charge is 0.314 e. The third kappa shape index (κ3) is 11.3. The largest absolute Gasteiger partial charge is 0.378 e. The molecule has 0 aliphatic heterocycles. The van der Waals surface area contributed by atoms with E-state index < -0.39 is 13.0 Å². The predicted octanol–water partition coefficient (Wildman–Crippen LogP) is 8.01. The van der Waals surface area contributed by atoms with Crippen molar-refractivity contribution < 1.29 is 13.6 Å². The summed E-state index contributed by atoms with van der Waals surface area (Å²) in [6.07, 6.45) is 22.7. The van der Waals surface area contributed by atoms with Gasteiger partial charge in [-0.15, -0.1) is 0 Å². The van der Waals surface area contributed by atoms with Gasteiger partial charge < -0.3 is 4.48 Å². The maximum absolute atomic E-state index is 11.9. The van der Waals surface area contributed by atoms with Gasteiger partial charge in [-0.05, 0) is 32.1 Å². The number of hydrogen-bond acceptors (Lipinski definition) is 2. The second kappa shape index (κ2) is 15.5. The highest BCUT2D eigenvalue weighted by molar-refractivity contribution is 7.32. The van der Waals surface area contributed by atoms with Gasteiger partial charge in [-0.3, -0.25) is 0 Å². The Balaban J connectivity index is 3.69. The van der Waals surface area contributed by atoms with Crippen LogP contribution >= 0.6 is 7.68 Å². The van der Waals surface area contributed by atoms with Crippen LogP contribution in [0.15, 0.2) is 12.2 Å². The Morgan fingerprint density at radius 3 is 1.56 bits per heavy atom. The molecular formula is C23H47NO2P+. The summed E-state index contributed by atoms with van der Waals surface area (Å²) in [5.74, 6) is 0. The topological polar surface area (TPSA) is 34.1 Å². The van der Waals surface area contributed by atoms with Crippen LogP contribution in [0.2, 0.25) is 0 Å². The van der Waals surface area contributed by atoms with Crippen molar-refractivity contribution in [3.8, 4) is 0 Å². The van der Waals surface area contributed by atoms with Crippen molar-refractivity contribution in [2.45, 2.75) is 115 Å². The molecular weight excluding hydrogens is 353 g/mol. The summed E-state index contributed by atoms with van der Waals surface area (Å²) in [4.78, 5) is 0. The first-order valence-corrected chi connectivity index (χ1v) is 12.6. The van der Waals surface area contributed by atoms with E-state index in [9.17, 15) is 9.13 Å². The van der Waals surface area contributed by atoms with E-state index in [1.165, 1.54) is 70.6 Å². The molecule has 0 aromatic heterocycles. The maximum Gasteiger partial charge on any atom is 0.378 e. The Morgan fingerprint density at radius 1 is 0.704 bits per heavy atom. The Labute approximate surface area is 170 Å². The number of hydrogen-bond donors (Lipinski definition) is 0. The van der Waals surface area contributed by atoms with Gasteiger partial charge >= 0.3 is 7.68 Å². The molecule has 0 radical (unpaired) electrons. The van der Waals surface area contributed by atoms with Gasteiger partial charge in [0, 0.05) is 12.8 Å². The van der Waals surface area contributed by atoms with E-state index in [4.69, 9.17) is 0 Å². The summed E-state index contributed by atoms with van der Waals surface area (Å²) in [6.45, 7) is 4.26. The summed E-state index contributed by atoms with van der Waals surface area (Å²) >= 11 is 0. The molecule has 0 aliphatic carbocycles. The molecule has 0 bridgehead atoms. The summed E-state index contributed by atoms with van der Waals surface area (Å²) in [6, 6.07) is 0. The highest BCUT2D eigenvalue weighted by atomic mass is 31.1. The van der Waals surface area contributed by atoms with Crippen LogP contribution in [0.1, 0.15) is 110 Å². The standard InChI is InChI=1S/C23H47NO2P/c1-6-8-9-10-11-12-13-14-15-16-17-18-19-20-21-22-23(7-2,27(25)26)24(3,4)5/h11-12H,6-10,13-22H2,1-5H3/q+1. The Morgan fingerprint density at radius 2 is 1.15 bits per heavy atom. The third-order valence-corrected chi connectivity index (χ3v) is 7.81. The van der Waals surface area contributed by atoms with Crippen molar-refractivity contribution in [1.82, 2.24) is 0 Å². The lowest BCUT2D eigenvalue weighted by Gasteiger charge is -2.40. The molecule has 1 unspecified atom stereocenters. The van der Waals surface area contributed by atoms with Gasteiger partial charge in [0.2, 0.25) is 5.28 Å². The van der Waals surface area contributed by atoms with Crippen molar-refractivity contribution in [1.29, 1.82) is 0 Å². The van der Waals surface area contributed by atoms with Crippen molar-refractivity contribution in [3.63, 3.8) is 0 Å². The van der Waals surface area contributed by atoms with E-state index in [-0.39, 0.29) is 0 Å². The zero-order valence-corrected chi connectivity index (χ0v) is 19.9. The van der Waals surface area contributed by atoms with Crippen LogP contribution in [-0.2, 0) is 9.13 Å². The molecule has 0 saturated heterocycles. The molecule has 0 spiro atoms. The maximum atomic E-state index is 11.9. The third-order valence-electron chi connectivity index (χ3n) is 5.99. The quantitative estimate of drug-likeness (QED) is 0.101. The van der Waals surface area contributed by atoms with Crippen molar-refractivity contribution >= 4 is 7.68 Å². The zero-order valence-electron chi connectivity index (χ0n) is 19.0. The Hall–Kier alpha value is -0.400. The molecule has 1 atom stereocenters. The molecule has 27 heavy (non-hydrogen) atoms. The minimum Gasteiger partial charge on any atom is -0.314 e. The van der Waals surface area contributed by atoms with Crippen LogP contribution in [0, 0.1) is 0 Å². The highest BCUT2D eigenvalue weighted by Gasteiger charge is 2.46. The second-order valence-corrected chi connectivity index (χ2v) is 10.3. The van der Waals surface area contributed by atoms with Gasteiger partial charge in [0.25, 0.3) is 0 Å². The van der Waals surface area contributed by atoms with Crippen molar-refractivity contribution in [2.24, 2.45) is 0 Å². The number of unbranched alkanes of at least 4 members (excludes halogenated alkanes) is 11. The molecule has 0 heterocycles. The lowest BCUT2D eigenvalue weighted by atomic mass is 10.0. The fourth-order valence-corrected chi connectivity index (χ4v) is 5.02. The molecule has 0 rings (SSSR count). The van der Waals surface area contributed by atoms with Gasteiger partial charge in [-0.1, -0.05) is 77.4 Å². The first-order valence-electron chi connectivity index (χ1n) is 11.4. The van der Waals surface area contributed by atoms with Crippen LogP contribution < -0.4 is 0 Å². The number of allylic oxidation sites excluding steroid dienone is 2. The van der Waals surface area contributed by atoms with E-state index in [0.29, 0.717) is 10.9 Å². The normalized spacial score (nSPS) is 14.6. The predicted molar refractivity (Wildman–Crippen MR) is 119 cm³/mol. The van der Waals surface area contributed by atoms with E-state index in [1.54, 1.807) is 0 Å². The first kappa shape index (κ1) is 26.6. The van der Waals surface area contributed by atoms with Crippen LogP contribution in [0.4, 0.5) is 0 Å². The molecule has 0 fully saturated rings. The lowest BCUT2D eigenvalue weighted by molar-refractivity contribution is -0.908. The summed E-state index contributed by atoms with van der Waals surface area (Å²) in [5, 5.41) is -0.598. The molecule has 160 valence electrons. The molecule has 0 N–H and O–H groups in total. The van der Waals surface area contributed by atoms with Gasteiger partial charge in [-0.2, -0.15) is 0 Å². The van der Waals surface area contributed by atoms with E-state index in [0.717, 1.165) is 19.3 Å². The number of rotatable bonds is 18. The minimum atomic E-state index is -2.41. The molecule has 0 aromatic carbocycles. The van der Waals surface area contributed by atoms with Crippen molar-refractivity contribution in [3.05, 3.63) is 12.2 Å². The Bertz CT molecular complexity index is 444. The van der Waals surface area contributed by atoms with Crippen molar-refractivity contribution in [2.75, 3.05) is 21.1 Å².